The summed E-state index contributed by atoms with van der Waals surface area (Å²) in [7, 11) is 3.13. The van der Waals surface area contributed by atoms with Gasteiger partial charge in [-0.1, -0.05) is 17.6 Å². The lowest BCUT2D eigenvalue weighted by Crippen LogP contribution is -2.48. The molecule has 172 valence electrons. The van der Waals surface area contributed by atoms with E-state index in [0.29, 0.717) is 41.9 Å². The largest absolute Gasteiger partial charge is 0.493 e. The van der Waals surface area contributed by atoms with Crippen molar-refractivity contribution >= 4 is 11.6 Å². The summed E-state index contributed by atoms with van der Waals surface area (Å²) in [4.78, 5) is 21.8. The summed E-state index contributed by atoms with van der Waals surface area (Å²) in [6.07, 6.45) is 3.52. The molecule has 1 saturated heterocycles. The van der Waals surface area contributed by atoms with E-state index in [0.717, 1.165) is 43.1 Å². The summed E-state index contributed by atoms with van der Waals surface area (Å²) < 4.78 is 16.2. The van der Waals surface area contributed by atoms with Gasteiger partial charge in [0.05, 0.1) is 19.8 Å². The van der Waals surface area contributed by atoms with Crippen LogP contribution in [0.25, 0.3) is 11.4 Å². The van der Waals surface area contributed by atoms with Crippen LogP contribution >= 0.6 is 0 Å². The van der Waals surface area contributed by atoms with Crippen molar-refractivity contribution in [2.24, 2.45) is 0 Å². The number of piperazine rings is 1. The Morgan fingerprint density at radius 3 is 2.39 bits per heavy atom. The lowest BCUT2D eigenvalue weighted by atomic mass is 9.85. The van der Waals surface area contributed by atoms with E-state index in [9.17, 15) is 4.79 Å². The molecule has 1 saturated carbocycles. The van der Waals surface area contributed by atoms with Crippen molar-refractivity contribution in [3.8, 4) is 22.9 Å². The summed E-state index contributed by atoms with van der Waals surface area (Å²) >= 11 is 0. The molecule has 1 amide bonds. The number of nitrogens with zero attached hydrogens (tertiary/aromatic N) is 4. The smallest absolute Gasteiger partial charge is 0.257 e. The second-order valence-electron chi connectivity index (χ2n) is 8.45. The summed E-state index contributed by atoms with van der Waals surface area (Å²) in [5.41, 5.74) is 2.59. The summed E-state index contributed by atoms with van der Waals surface area (Å²) in [6, 6.07) is 13.6. The van der Waals surface area contributed by atoms with Crippen LogP contribution < -0.4 is 14.4 Å². The maximum Gasteiger partial charge on any atom is 0.257 e. The van der Waals surface area contributed by atoms with Gasteiger partial charge < -0.3 is 23.8 Å². The Kier molecular flexibility index (Phi) is 5.90. The molecule has 2 aromatic carbocycles. The SMILES string of the molecule is COc1cccc(C(=O)N2CCN(c3ccc(-c4noc(C5CCC5)n4)cc3)CC2)c1OC. The third-order valence-corrected chi connectivity index (χ3v) is 6.59. The van der Waals surface area contributed by atoms with Crippen molar-refractivity contribution in [3.05, 3.63) is 53.9 Å². The predicted octanol–water partition coefficient (Wildman–Crippen LogP) is 3.98. The Labute approximate surface area is 193 Å². The highest BCUT2D eigenvalue weighted by atomic mass is 16.5. The van der Waals surface area contributed by atoms with E-state index in [1.54, 1.807) is 26.4 Å². The molecule has 2 fully saturated rings. The average molecular weight is 449 g/mol. The predicted molar refractivity (Wildman–Crippen MR) is 124 cm³/mol. The molecule has 8 nitrogen and oxygen atoms in total. The number of carbonyl (C=O) groups is 1. The van der Waals surface area contributed by atoms with Crippen LogP contribution in [0.15, 0.2) is 47.0 Å². The molecule has 2 aliphatic rings. The molecule has 0 atom stereocenters. The van der Waals surface area contributed by atoms with Gasteiger partial charge >= 0.3 is 0 Å². The molecule has 2 heterocycles. The minimum Gasteiger partial charge on any atom is -0.493 e. The number of carbonyl (C=O) groups excluding carboxylic acids is 1. The van der Waals surface area contributed by atoms with Crippen LogP contribution in [0, 0.1) is 0 Å². The normalized spacial score (nSPS) is 16.4. The molecule has 0 N–H and O–H groups in total. The zero-order chi connectivity index (χ0) is 22.8. The third-order valence-electron chi connectivity index (χ3n) is 6.59. The van der Waals surface area contributed by atoms with E-state index in [2.05, 4.69) is 27.2 Å². The fourth-order valence-corrected chi connectivity index (χ4v) is 4.39. The molecule has 1 aliphatic carbocycles. The lowest BCUT2D eigenvalue weighted by molar-refractivity contribution is 0.0742. The Balaban J connectivity index is 1.22. The van der Waals surface area contributed by atoms with E-state index in [1.165, 1.54) is 6.42 Å². The molecule has 0 radical (unpaired) electrons. The second-order valence-corrected chi connectivity index (χ2v) is 8.45. The molecule has 3 aromatic rings. The monoisotopic (exact) mass is 448 g/mol. The molecule has 1 aliphatic heterocycles. The zero-order valence-electron chi connectivity index (χ0n) is 19.0. The maximum absolute atomic E-state index is 13.1. The van der Waals surface area contributed by atoms with Crippen molar-refractivity contribution in [1.82, 2.24) is 15.0 Å². The van der Waals surface area contributed by atoms with Crippen LogP contribution in [0.5, 0.6) is 11.5 Å². The van der Waals surface area contributed by atoms with Gasteiger partial charge in [0.25, 0.3) is 5.91 Å². The van der Waals surface area contributed by atoms with E-state index in [-0.39, 0.29) is 5.91 Å². The summed E-state index contributed by atoms with van der Waals surface area (Å²) in [6.45, 7) is 2.78. The first kappa shape index (κ1) is 21.3. The Hall–Kier alpha value is -3.55. The number of hydrogen-bond donors (Lipinski definition) is 0. The second kappa shape index (κ2) is 9.13. The van der Waals surface area contributed by atoms with E-state index < -0.39 is 0 Å². The van der Waals surface area contributed by atoms with Crippen LogP contribution in [-0.4, -0.2) is 61.3 Å². The van der Waals surface area contributed by atoms with Crippen molar-refractivity contribution in [2.75, 3.05) is 45.3 Å². The van der Waals surface area contributed by atoms with Gasteiger partial charge in [-0.15, -0.1) is 0 Å². The van der Waals surface area contributed by atoms with Crippen molar-refractivity contribution in [2.45, 2.75) is 25.2 Å². The van der Waals surface area contributed by atoms with Crippen molar-refractivity contribution in [1.29, 1.82) is 0 Å². The van der Waals surface area contributed by atoms with Gasteiger partial charge in [-0.3, -0.25) is 4.79 Å². The van der Waals surface area contributed by atoms with Gasteiger partial charge in [0.15, 0.2) is 11.5 Å². The standard InChI is InChI=1S/C25H28N4O4/c1-31-21-8-4-7-20(22(21)32-2)25(30)29-15-13-28(14-16-29)19-11-9-17(10-12-19)23-26-24(33-27-23)18-5-3-6-18/h4,7-12,18H,3,5-6,13-16H2,1-2H3. The summed E-state index contributed by atoms with van der Waals surface area (Å²) in [5, 5.41) is 4.15. The van der Waals surface area contributed by atoms with E-state index in [1.807, 2.05) is 23.1 Å². The zero-order valence-corrected chi connectivity index (χ0v) is 19.0. The van der Waals surface area contributed by atoms with Crippen LogP contribution in [0.1, 0.15) is 41.4 Å². The highest BCUT2D eigenvalue weighted by Crippen LogP contribution is 2.36. The van der Waals surface area contributed by atoms with Gasteiger partial charge in [-0.05, 0) is 49.2 Å². The molecule has 0 spiro atoms. The van der Waals surface area contributed by atoms with Gasteiger partial charge in [-0.25, -0.2) is 0 Å². The highest BCUT2D eigenvalue weighted by Gasteiger charge is 2.27. The quantitative estimate of drug-likeness (QED) is 0.564. The third kappa shape index (κ3) is 4.13. The van der Waals surface area contributed by atoms with Crippen LogP contribution in [0.4, 0.5) is 5.69 Å². The molecular formula is C25H28N4O4. The number of rotatable bonds is 6. The Morgan fingerprint density at radius 1 is 1.00 bits per heavy atom. The van der Waals surface area contributed by atoms with Crippen LogP contribution in [0.2, 0.25) is 0 Å². The number of anilines is 1. The van der Waals surface area contributed by atoms with Crippen molar-refractivity contribution in [3.63, 3.8) is 0 Å². The average Bonchev–Trinajstić information content (AvgIpc) is 3.31. The van der Waals surface area contributed by atoms with E-state index in [4.69, 9.17) is 14.0 Å². The number of hydrogen-bond acceptors (Lipinski definition) is 7. The van der Waals surface area contributed by atoms with E-state index >= 15 is 0 Å². The van der Waals surface area contributed by atoms with Gasteiger partial charge in [0, 0.05) is 43.3 Å². The minimum atomic E-state index is -0.0416. The Morgan fingerprint density at radius 2 is 1.76 bits per heavy atom. The first-order valence-electron chi connectivity index (χ1n) is 11.4. The first-order chi connectivity index (χ1) is 16.2. The summed E-state index contributed by atoms with van der Waals surface area (Å²) in [5.74, 6) is 2.83. The molecule has 33 heavy (non-hydrogen) atoms. The number of aromatic nitrogens is 2. The van der Waals surface area contributed by atoms with Gasteiger partial charge in [-0.2, -0.15) is 4.98 Å². The number of ether oxygens (including phenoxy) is 2. The van der Waals surface area contributed by atoms with Crippen molar-refractivity contribution < 1.29 is 18.8 Å². The lowest BCUT2D eigenvalue weighted by Gasteiger charge is -2.36. The number of amides is 1. The molecular weight excluding hydrogens is 420 g/mol. The maximum atomic E-state index is 13.1. The highest BCUT2D eigenvalue weighted by molar-refractivity contribution is 5.98. The Bertz CT molecular complexity index is 1120. The van der Waals surface area contributed by atoms with Crippen LogP contribution in [0.3, 0.4) is 0 Å². The van der Waals surface area contributed by atoms with Crippen LogP contribution in [-0.2, 0) is 0 Å². The molecule has 0 bridgehead atoms. The molecule has 1 aromatic heterocycles. The van der Waals surface area contributed by atoms with Gasteiger partial charge in [0.1, 0.15) is 0 Å². The first-order valence-corrected chi connectivity index (χ1v) is 11.4. The molecule has 8 heteroatoms. The minimum absolute atomic E-state index is 0.0416. The number of para-hydroxylation sites is 1. The number of methoxy groups -OCH3 is 2. The fourth-order valence-electron chi connectivity index (χ4n) is 4.39. The molecule has 0 unspecified atom stereocenters. The van der Waals surface area contributed by atoms with Gasteiger partial charge in [0.2, 0.25) is 11.7 Å². The topological polar surface area (TPSA) is 80.9 Å². The molecule has 5 rings (SSSR count). The number of benzene rings is 2. The fraction of sp³-hybridized carbons (Fsp3) is 0.400.